The second-order valence-electron chi connectivity index (χ2n) is 4.38. The fourth-order valence-electron chi connectivity index (χ4n) is 2.01. The molecule has 2 rings (SSSR count). The van der Waals surface area contributed by atoms with E-state index in [-0.39, 0.29) is 11.8 Å². The third-order valence-corrected chi connectivity index (χ3v) is 3.44. The summed E-state index contributed by atoms with van der Waals surface area (Å²) in [5.74, 6) is 0.435. The van der Waals surface area contributed by atoms with Gasteiger partial charge in [0, 0.05) is 29.2 Å². The number of nitrogens with zero attached hydrogens (tertiary/aromatic N) is 1. The predicted octanol–water partition coefficient (Wildman–Crippen LogP) is 1.70. The fourth-order valence-corrected chi connectivity index (χ4v) is 2.47. The van der Waals surface area contributed by atoms with Gasteiger partial charge in [0.2, 0.25) is 11.8 Å². The Balaban J connectivity index is 2.36. The van der Waals surface area contributed by atoms with E-state index in [4.69, 9.17) is 4.74 Å². The highest BCUT2D eigenvalue weighted by Crippen LogP contribution is 2.28. The molecule has 1 aliphatic heterocycles. The molecule has 0 aliphatic carbocycles. The van der Waals surface area contributed by atoms with Gasteiger partial charge in [-0.1, -0.05) is 15.9 Å². The Morgan fingerprint density at radius 2 is 2.11 bits per heavy atom. The third-order valence-electron chi connectivity index (χ3n) is 2.98. The monoisotopic (exact) mass is 326 g/mol. The Hall–Kier alpha value is -1.56. The summed E-state index contributed by atoms with van der Waals surface area (Å²) in [4.78, 5) is 25.3. The van der Waals surface area contributed by atoms with Gasteiger partial charge in [-0.25, -0.2) is 0 Å². The molecule has 0 radical (unpaired) electrons. The molecule has 1 atom stereocenters. The molecule has 0 saturated carbocycles. The minimum Gasteiger partial charge on any atom is -0.497 e. The Labute approximate surface area is 120 Å². The maximum atomic E-state index is 12.3. The Bertz CT molecular complexity index is 519. The Kier molecular flexibility index (Phi) is 4.09. The molecule has 0 bridgehead atoms. The van der Waals surface area contributed by atoms with Crippen LogP contribution in [0.3, 0.4) is 0 Å². The van der Waals surface area contributed by atoms with E-state index in [1.54, 1.807) is 25.0 Å². The van der Waals surface area contributed by atoms with Crippen molar-refractivity contribution in [3.63, 3.8) is 0 Å². The number of hydrogen-bond donors (Lipinski definition) is 1. The number of benzene rings is 1. The third kappa shape index (κ3) is 3.07. The summed E-state index contributed by atoms with van der Waals surface area (Å²) in [5, 5.41) is 2.66. The molecule has 1 aliphatic rings. The SMILES string of the molecule is COc1cc(Br)cc(N2CCC(=O)NC(C)C2=O)c1. The number of rotatable bonds is 2. The topological polar surface area (TPSA) is 58.6 Å². The summed E-state index contributed by atoms with van der Waals surface area (Å²) in [6.07, 6.45) is 0.297. The number of methoxy groups -OCH3 is 1. The van der Waals surface area contributed by atoms with Crippen LogP contribution in [0.1, 0.15) is 13.3 Å². The van der Waals surface area contributed by atoms with Crippen molar-refractivity contribution in [1.82, 2.24) is 5.32 Å². The zero-order valence-corrected chi connectivity index (χ0v) is 12.4. The largest absolute Gasteiger partial charge is 0.497 e. The average Bonchev–Trinajstić information content (AvgIpc) is 2.49. The standard InChI is InChI=1S/C13H15BrN2O3/c1-8-13(18)16(4-3-12(17)15-8)10-5-9(14)6-11(7-10)19-2/h5-8H,3-4H2,1-2H3,(H,15,17). The molecular formula is C13H15BrN2O3. The first-order valence-electron chi connectivity index (χ1n) is 5.96. The number of anilines is 1. The molecule has 0 aromatic heterocycles. The lowest BCUT2D eigenvalue weighted by Crippen LogP contribution is -2.42. The second kappa shape index (κ2) is 5.61. The van der Waals surface area contributed by atoms with Crippen molar-refractivity contribution in [2.75, 3.05) is 18.6 Å². The van der Waals surface area contributed by atoms with Crippen molar-refractivity contribution in [2.24, 2.45) is 0 Å². The quantitative estimate of drug-likeness (QED) is 0.899. The van der Waals surface area contributed by atoms with Gasteiger partial charge in [0.05, 0.1) is 7.11 Å². The smallest absolute Gasteiger partial charge is 0.249 e. The molecular weight excluding hydrogens is 312 g/mol. The predicted molar refractivity (Wildman–Crippen MR) is 75.3 cm³/mol. The van der Waals surface area contributed by atoms with E-state index in [0.29, 0.717) is 18.7 Å². The molecule has 0 spiro atoms. The number of carbonyl (C=O) groups excluding carboxylic acids is 2. The van der Waals surface area contributed by atoms with Crippen LogP contribution in [0.5, 0.6) is 5.75 Å². The Morgan fingerprint density at radius 1 is 1.37 bits per heavy atom. The molecule has 19 heavy (non-hydrogen) atoms. The lowest BCUT2D eigenvalue weighted by Gasteiger charge is -2.23. The number of carbonyl (C=O) groups is 2. The summed E-state index contributed by atoms with van der Waals surface area (Å²) in [6, 6.07) is 4.92. The van der Waals surface area contributed by atoms with E-state index >= 15 is 0 Å². The van der Waals surface area contributed by atoms with Crippen LogP contribution in [0.2, 0.25) is 0 Å². The molecule has 102 valence electrons. The van der Waals surface area contributed by atoms with E-state index in [9.17, 15) is 9.59 Å². The highest BCUT2D eigenvalue weighted by atomic mass is 79.9. The van der Waals surface area contributed by atoms with Crippen LogP contribution in [0, 0.1) is 0 Å². The van der Waals surface area contributed by atoms with Gasteiger partial charge in [-0.2, -0.15) is 0 Å². The van der Waals surface area contributed by atoms with E-state index in [1.165, 1.54) is 0 Å². The molecule has 6 heteroatoms. The first kappa shape index (κ1) is 13.9. The molecule has 1 aromatic rings. The normalized spacial score (nSPS) is 19.9. The molecule has 1 saturated heterocycles. The summed E-state index contributed by atoms with van der Waals surface area (Å²) in [6.45, 7) is 2.06. The van der Waals surface area contributed by atoms with Gasteiger partial charge in [0.25, 0.3) is 0 Å². The summed E-state index contributed by atoms with van der Waals surface area (Å²) < 4.78 is 6.02. The lowest BCUT2D eigenvalue weighted by atomic mass is 10.2. The van der Waals surface area contributed by atoms with Crippen LogP contribution in [0.25, 0.3) is 0 Å². The van der Waals surface area contributed by atoms with Crippen molar-refractivity contribution in [3.05, 3.63) is 22.7 Å². The minimum absolute atomic E-state index is 0.106. The van der Waals surface area contributed by atoms with Crippen molar-refractivity contribution >= 4 is 33.4 Å². The van der Waals surface area contributed by atoms with Gasteiger partial charge in [-0.15, -0.1) is 0 Å². The van der Waals surface area contributed by atoms with Gasteiger partial charge in [-0.05, 0) is 19.1 Å². The number of amides is 2. The molecule has 1 aromatic carbocycles. The first-order chi connectivity index (χ1) is 9.01. The van der Waals surface area contributed by atoms with Gasteiger partial charge in [0.15, 0.2) is 0 Å². The Morgan fingerprint density at radius 3 is 2.79 bits per heavy atom. The van der Waals surface area contributed by atoms with Gasteiger partial charge in [0.1, 0.15) is 11.8 Å². The molecule has 2 amide bonds. The zero-order valence-electron chi connectivity index (χ0n) is 10.8. The van der Waals surface area contributed by atoms with Crippen LogP contribution >= 0.6 is 15.9 Å². The van der Waals surface area contributed by atoms with Crippen LogP contribution in [-0.2, 0) is 9.59 Å². The van der Waals surface area contributed by atoms with Crippen LogP contribution in [-0.4, -0.2) is 31.5 Å². The lowest BCUT2D eigenvalue weighted by molar-refractivity contribution is -0.125. The number of halogens is 1. The van der Waals surface area contributed by atoms with Crippen molar-refractivity contribution in [3.8, 4) is 5.75 Å². The van der Waals surface area contributed by atoms with Crippen LogP contribution < -0.4 is 15.0 Å². The molecule has 1 heterocycles. The molecule has 5 nitrogen and oxygen atoms in total. The van der Waals surface area contributed by atoms with E-state index in [2.05, 4.69) is 21.2 Å². The number of nitrogens with one attached hydrogen (secondary N) is 1. The van der Waals surface area contributed by atoms with E-state index in [1.807, 2.05) is 12.1 Å². The second-order valence-corrected chi connectivity index (χ2v) is 5.29. The summed E-state index contributed by atoms with van der Waals surface area (Å²) in [5.41, 5.74) is 0.722. The molecule has 1 fully saturated rings. The molecule has 1 N–H and O–H groups in total. The summed E-state index contributed by atoms with van der Waals surface area (Å²) in [7, 11) is 1.57. The average molecular weight is 327 g/mol. The van der Waals surface area contributed by atoms with Crippen LogP contribution in [0.15, 0.2) is 22.7 Å². The van der Waals surface area contributed by atoms with Crippen molar-refractivity contribution in [1.29, 1.82) is 0 Å². The van der Waals surface area contributed by atoms with Gasteiger partial charge >= 0.3 is 0 Å². The van der Waals surface area contributed by atoms with Gasteiger partial charge < -0.3 is 15.0 Å². The maximum absolute atomic E-state index is 12.3. The fraction of sp³-hybridized carbons (Fsp3) is 0.385. The van der Waals surface area contributed by atoms with Crippen LogP contribution in [0.4, 0.5) is 5.69 Å². The zero-order chi connectivity index (χ0) is 14.0. The van der Waals surface area contributed by atoms with Gasteiger partial charge in [-0.3, -0.25) is 9.59 Å². The van der Waals surface area contributed by atoms with E-state index < -0.39 is 6.04 Å². The highest BCUT2D eigenvalue weighted by Gasteiger charge is 2.27. The molecule has 1 unspecified atom stereocenters. The minimum atomic E-state index is -0.514. The highest BCUT2D eigenvalue weighted by molar-refractivity contribution is 9.10. The van der Waals surface area contributed by atoms with Crippen molar-refractivity contribution < 1.29 is 14.3 Å². The summed E-state index contributed by atoms with van der Waals surface area (Å²) >= 11 is 3.39. The maximum Gasteiger partial charge on any atom is 0.249 e. The first-order valence-corrected chi connectivity index (χ1v) is 6.76. The van der Waals surface area contributed by atoms with E-state index in [0.717, 1.165) is 10.2 Å². The number of ether oxygens (including phenoxy) is 1. The van der Waals surface area contributed by atoms with Crippen molar-refractivity contribution in [2.45, 2.75) is 19.4 Å². The number of hydrogen-bond acceptors (Lipinski definition) is 3.